The SMILES string of the molecule is C[C](C)(C)[Ge]1[S]c2c([Si](C)(C)C)cc3ccccc3c2-c2c(c([Si](C)(C)C)cc3ccccc23)[S]1. The van der Waals surface area contributed by atoms with Crippen molar-refractivity contribution < 1.29 is 0 Å². The predicted molar refractivity (Wildman–Crippen MR) is 170 cm³/mol. The Bertz CT molecular complexity index is 1350. The molecule has 0 bridgehead atoms. The van der Waals surface area contributed by atoms with Crippen LogP contribution in [-0.2, 0) is 0 Å². The molecule has 0 saturated carbocycles. The summed E-state index contributed by atoms with van der Waals surface area (Å²) in [6.45, 7) is 22.7. The van der Waals surface area contributed by atoms with Crippen molar-refractivity contribution in [3.8, 4) is 11.1 Å². The molecule has 0 aliphatic carbocycles. The van der Waals surface area contributed by atoms with Crippen LogP contribution in [-0.4, -0.2) is 28.2 Å². The normalized spacial score (nSPS) is 15.2. The Morgan fingerprint density at radius 2 is 0.971 bits per heavy atom. The van der Waals surface area contributed by atoms with E-state index in [1.165, 1.54) is 32.7 Å². The summed E-state index contributed by atoms with van der Waals surface area (Å²) in [4.78, 5) is 3.24. The first kappa shape index (κ1) is 25.7. The molecule has 5 rings (SSSR count). The summed E-state index contributed by atoms with van der Waals surface area (Å²) >= 11 is -1.67. The first-order valence-electron chi connectivity index (χ1n) is 12.6. The second-order valence-electron chi connectivity index (χ2n) is 12.9. The predicted octanol–water partition coefficient (Wildman–Crippen LogP) is 9.24. The van der Waals surface area contributed by atoms with E-state index in [1.807, 2.05) is 0 Å². The maximum absolute atomic E-state index is 2.56. The second kappa shape index (κ2) is 8.83. The van der Waals surface area contributed by atoms with Gasteiger partial charge in [0.2, 0.25) is 0 Å². The minimum atomic E-state index is -1.67. The summed E-state index contributed by atoms with van der Waals surface area (Å²) in [5.74, 6) is 0. The number of rotatable bonds is 2. The molecule has 0 atom stereocenters. The topological polar surface area (TPSA) is 0 Å². The number of benzene rings is 4. The van der Waals surface area contributed by atoms with Crippen LogP contribution in [0.2, 0.25) is 43.5 Å². The fourth-order valence-corrected chi connectivity index (χ4v) is 25.6. The third-order valence-corrected chi connectivity index (χ3v) is 29.3. The van der Waals surface area contributed by atoms with Gasteiger partial charge in [-0.2, -0.15) is 0 Å². The zero-order valence-corrected chi connectivity index (χ0v) is 28.3. The summed E-state index contributed by atoms with van der Waals surface area (Å²) in [5, 5.41) is 8.99. The van der Waals surface area contributed by atoms with Crippen molar-refractivity contribution in [2.45, 2.75) is 74.1 Å². The number of fused-ring (bicyclic) bond motifs is 7. The Kier molecular flexibility index (Phi) is 6.49. The molecule has 1 heterocycles. The van der Waals surface area contributed by atoms with Crippen molar-refractivity contribution in [3.05, 3.63) is 60.7 Å². The van der Waals surface area contributed by atoms with Crippen molar-refractivity contribution in [1.29, 1.82) is 0 Å². The summed E-state index contributed by atoms with van der Waals surface area (Å²) < 4.78 is 0.346. The zero-order chi connectivity index (χ0) is 25.3. The van der Waals surface area contributed by atoms with E-state index < -0.39 is 28.2 Å². The van der Waals surface area contributed by atoms with Crippen molar-refractivity contribution >= 4 is 80.3 Å². The van der Waals surface area contributed by atoms with Crippen LogP contribution in [0, 0.1) is 0 Å². The molecule has 0 nitrogen and oxygen atoms in total. The van der Waals surface area contributed by atoms with Crippen LogP contribution in [0.1, 0.15) is 20.8 Å². The van der Waals surface area contributed by atoms with E-state index in [0.717, 1.165) is 0 Å². The molecule has 5 heteroatoms. The number of hydrogen-bond acceptors (Lipinski definition) is 2. The standard InChI is InChI=1S/C30H37GeS2Si2/c1-30(2,3)31-32-28-24(34(4,5)6)18-20-14-10-12-16-22(20)26(28)27-23-17-13-11-15-21(23)19-25(29(27)33-31)35(7,8)9/h10-19H,1-9H3. The quantitative estimate of drug-likeness (QED) is 0.214. The summed E-state index contributed by atoms with van der Waals surface area (Å²) in [7, 11) is 1.49. The van der Waals surface area contributed by atoms with Crippen LogP contribution in [0.5, 0.6) is 0 Å². The molecule has 1 aliphatic heterocycles. The number of hydrogen-bond donors (Lipinski definition) is 0. The van der Waals surface area contributed by atoms with E-state index in [1.54, 1.807) is 20.2 Å². The first-order chi connectivity index (χ1) is 16.3. The van der Waals surface area contributed by atoms with Gasteiger partial charge in [-0.25, -0.2) is 0 Å². The molecule has 4 aromatic rings. The van der Waals surface area contributed by atoms with Crippen molar-refractivity contribution in [2.24, 2.45) is 0 Å². The van der Waals surface area contributed by atoms with Crippen LogP contribution in [0.3, 0.4) is 0 Å². The Balaban J connectivity index is 2.07. The van der Waals surface area contributed by atoms with Crippen LogP contribution < -0.4 is 10.4 Å². The average Bonchev–Trinajstić information content (AvgIpc) is 2.94. The Morgan fingerprint density at radius 3 is 1.31 bits per heavy atom. The molecule has 0 fully saturated rings. The molecule has 35 heavy (non-hydrogen) atoms. The van der Waals surface area contributed by atoms with Gasteiger partial charge in [0.05, 0.1) is 0 Å². The van der Waals surface area contributed by atoms with Crippen molar-refractivity contribution in [1.82, 2.24) is 0 Å². The van der Waals surface area contributed by atoms with Crippen LogP contribution in [0.25, 0.3) is 32.7 Å². The average molecular weight is 591 g/mol. The van der Waals surface area contributed by atoms with E-state index in [0.29, 0.717) is 4.25 Å². The molecule has 0 aromatic heterocycles. The minimum absolute atomic E-state index is 0.346. The van der Waals surface area contributed by atoms with E-state index in [4.69, 9.17) is 0 Å². The van der Waals surface area contributed by atoms with Crippen molar-refractivity contribution in [3.63, 3.8) is 0 Å². The Hall–Kier alpha value is -0.923. The van der Waals surface area contributed by atoms with Gasteiger partial charge in [-0.05, 0) is 0 Å². The third-order valence-electron chi connectivity index (χ3n) is 6.87. The first-order valence-corrected chi connectivity index (χ1v) is 27.4. The van der Waals surface area contributed by atoms with Crippen LogP contribution in [0.4, 0.5) is 0 Å². The summed E-state index contributed by atoms with van der Waals surface area (Å²) in [6.07, 6.45) is 0. The molecule has 0 unspecified atom stereocenters. The molecule has 0 N–H and O–H groups in total. The van der Waals surface area contributed by atoms with Crippen LogP contribution >= 0.6 is 20.2 Å². The molecular formula is C30H37GeS2Si2. The molecule has 1 radical (unpaired) electrons. The fraction of sp³-hybridized carbons (Fsp3) is 0.333. The van der Waals surface area contributed by atoms with Gasteiger partial charge < -0.3 is 0 Å². The van der Waals surface area contributed by atoms with Gasteiger partial charge in [-0.3, -0.25) is 0 Å². The summed E-state index contributed by atoms with van der Waals surface area (Å²) in [6, 6.07) is 23.5. The molecule has 0 amide bonds. The van der Waals surface area contributed by atoms with Gasteiger partial charge in [-0.1, -0.05) is 0 Å². The van der Waals surface area contributed by atoms with Gasteiger partial charge in [0.1, 0.15) is 0 Å². The van der Waals surface area contributed by atoms with Gasteiger partial charge >= 0.3 is 226 Å². The zero-order valence-electron chi connectivity index (χ0n) is 22.6. The monoisotopic (exact) mass is 591 g/mol. The maximum atomic E-state index is 2.56. The molecule has 1 aliphatic rings. The van der Waals surface area contributed by atoms with Gasteiger partial charge in [0, 0.05) is 0 Å². The van der Waals surface area contributed by atoms with Crippen molar-refractivity contribution in [2.75, 3.05) is 0 Å². The third kappa shape index (κ3) is 4.63. The van der Waals surface area contributed by atoms with Crippen LogP contribution in [0.15, 0.2) is 70.5 Å². The van der Waals surface area contributed by atoms with E-state index >= 15 is 0 Å². The summed E-state index contributed by atoms with van der Waals surface area (Å²) in [5.41, 5.74) is 3.08. The van der Waals surface area contributed by atoms with E-state index in [-0.39, 0.29) is 0 Å². The van der Waals surface area contributed by atoms with Gasteiger partial charge in [-0.15, -0.1) is 0 Å². The molecule has 0 saturated heterocycles. The van der Waals surface area contributed by atoms with Gasteiger partial charge in [0.25, 0.3) is 0 Å². The molecule has 0 spiro atoms. The fourth-order valence-electron chi connectivity index (χ4n) is 4.99. The second-order valence-corrected chi connectivity index (χ2v) is 36.8. The molecular weight excluding hydrogens is 553 g/mol. The van der Waals surface area contributed by atoms with Gasteiger partial charge in [0.15, 0.2) is 0 Å². The molecule has 181 valence electrons. The van der Waals surface area contributed by atoms with E-state index in [2.05, 4.69) is 141 Å². The van der Waals surface area contributed by atoms with E-state index in [9.17, 15) is 0 Å². The Morgan fingerprint density at radius 1 is 0.600 bits per heavy atom. The molecule has 4 aromatic carbocycles. The Labute approximate surface area is 224 Å².